The lowest BCUT2D eigenvalue weighted by Crippen LogP contribution is -2.55. The van der Waals surface area contributed by atoms with E-state index in [2.05, 4.69) is 26.0 Å². The Morgan fingerprint density at radius 3 is 1.20 bits per heavy atom. The van der Waals surface area contributed by atoms with Crippen LogP contribution in [-0.4, -0.2) is 75.5 Å². The first-order chi connectivity index (χ1) is 29.1. The molecule has 0 aliphatic carbocycles. The van der Waals surface area contributed by atoms with Crippen molar-refractivity contribution in [1.82, 2.24) is 0 Å². The molecule has 8 nitrogen and oxygen atoms in total. The number of ether oxygens (including phenoxy) is 3. The number of nitrogens with zero attached hydrogens (tertiary/aromatic N) is 1. The molecule has 60 heavy (non-hydrogen) atoms. The van der Waals surface area contributed by atoms with Crippen molar-refractivity contribution in [1.29, 1.82) is 0 Å². The number of allylic oxidation sites excluding steroid dienone is 2. The Labute approximate surface area is 371 Å². The van der Waals surface area contributed by atoms with Gasteiger partial charge in [0.05, 0.1) is 40.3 Å². The highest BCUT2D eigenvalue weighted by Crippen LogP contribution is 2.16. The molecule has 0 aromatic carbocycles. The number of carbonyl (C=O) groups excluding carboxylic acids is 3. The molecule has 0 spiro atoms. The van der Waals surface area contributed by atoms with E-state index >= 15 is 0 Å². The van der Waals surface area contributed by atoms with Crippen molar-refractivity contribution in [2.24, 2.45) is 0 Å². The number of carboxylic acids is 1. The van der Waals surface area contributed by atoms with E-state index in [9.17, 15) is 19.5 Å². The molecule has 0 saturated carbocycles. The summed E-state index contributed by atoms with van der Waals surface area (Å²) >= 11 is 0. The predicted octanol–water partition coefficient (Wildman–Crippen LogP) is 13.3. The van der Waals surface area contributed by atoms with Crippen LogP contribution in [0, 0.1) is 0 Å². The average molecular weight is 850 g/mol. The van der Waals surface area contributed by atoms with Crippen molar-refractivity contribution in [3.05, 3.63) is 12.2 Å². The average Bonchev–Trinajstić information content (AvgIpc) is 3.21. The van der Waals surface area contributed by atoms with Crippen LogP contribution in [0.3, 0.4) is 0 Å². The van der Waals surface area contributed by atoms with Gasteiger partial charge in [-0.25, -0.2) is 0 Å². The third-order valence-corrected chi connectivity index (χ3v) is 11.9. The number of aliphatic carboxylic acids is 1. The van der Waals surface area contributed by atoms with Gasteiger partial charge in [-0.3, -0.25) is 9.59 Å². The minimum absolute atomic E-state index is 0.0457. The maximum atomic E-state index is 12.8. The van der Waals surface area contributed by atoms with Crippen molar-refractivity contribution in [2.75, 3.05) is 41.0 Å². The summed E-state index contributed by atoms with van der Waals surface area (Å²) in [5, 5.41) is 11.7. The minimum atomic E-state index is -1.12. The number of rotatable bonds is 47. The summed E-state index contributed by atoms with van der Waals surface area (Å²) in [6.45, 7) is 4.70. The fourth-order valence-electron chi connectivity index (χ4n) is 7.89. The first-order valence-corrected chi connectivity index (χ1v) is 25.7. The van der Waals surface area contributed by atoms with Gasteiger partial charge in [-0.05, 0) is 38.5 Å². The number of quaternary nitrogens is 1. The van der Waals surface area contributed by atoms with Crippen molar-refractivity contribution < 1.29 is 38.2 Å². The van der Waals surface area contributed by atoms with E-state index in [1.165, 1.54) is 180 Å². The molecule has 8 heteroatoms. The normalized spacial score (nSPS) is 12.9. The molecule has 0 aliphatic heterocycles. The summed E-state index contributed by atoms with van der Waals surface area (Å²) in [5.74, 6) is -1.72. The third-order valence-electron chi connectivity index (χ3n) is 11.9. The maximum absolute atomic E-state index is 12.8. The summed E-state index contributed by atoms with van der Waals surface area (Å²) in [6, 6.07) is -0.722. The Morgan fingerprint density at radius 2 is 0.833 bits per heavy atom. The van der Waals surface area contributed by atoms with E-state index in [-0.39, 0.29) is 42.7 Å². The number of esters is 2. The molecule has 0 aliphatic rings. The lowest BCUT2D eigenvalue weighted by Gasteiger charge is -2.34. The summed E-state index contributed by atoms with van der Waals surface area (Å²) < 4.78 is 17.3. The molecular weight excluding hydrogens is 751 g/mol. The van der Waals surface area contributed by atoms with E-state index in [4.69, 9.17) is 14.2 Å². The van der Waals surface area contributed by atoms with E-state index in [0.717, 1.165) is 38.5 Å². The molecule has 0 saturated heterocycles. The van der Waals surface area contributed by atoms with Gasteiger partial charge in [-0.15, -0.1) is 0 Å². The molecule has 2 unspecified atom stereocenters. The van der Waals surface area contributed by atoms with Crippen molar-refractivity contribution in [3.63, 3.8) is 0 Å². The Hall–Kier alpha value is -1.93. The molecule has 0 amide bonds. The summed E-state index contributed by atoms with van der Waals surface area (Å²) in [7, 11) is 5.42. The summed E-state index contributed by atoms with van der Waals surface area (Å²) in [5.41, 5.74) is 0. The SMILES string of the molecule is CCCCCCCCCC/C=C/CCCCCCCCCC(=O)OCC(COCCC(C(=O)[O-])[N+](C)(C)C)OC(=O)CCCCCCCCCCCCCCCCCCC. The molecule has 354 valence electrons. The number of carbonyl (C=O) groups is 3. The molecule has 0 aromatic heterocycles. The largest absolute Gasteiger partial charge is 0.544 e. The molecule has 0 heterocycles. The molecule has 0 aromatic rings. The van der Waals surface area contributed by atoms with Crippen LogP contribution >= 0.6 is 0 Å². The van der Waals surface area contributed by atoms with Gasteiger partial charge in [0.15, 0.2) is 6.10 Å². The topological polar surface area (TPSA) is 102 Å². The molecule has 2 atom stereocenters. The zero-order chi connectivity index (χ0) is 44.2. The van der Waals surface area contributed by atoms with Gasteiger partial charge in [-0.1, -0.05) is 206 Å². The van der Waals surface area contributed by atoms with Crippen LogP contribution in [0.1, 0.15) is 251 Å². The van der Waals surface area contributed by atoms with Gasteiger partial charge in [-0.2, -0.15) is 0 Å². The van der Waals surface area contributed by atoms with Crippen LogP contribution in [-0.2, 0) is 28.6 Å². The smallest absolute Gasteiger partial charge is 0.306 e. The Morgan fingerprint density at radius 1 is 0.483 bits per heavy atom. The molecule has 0 bridgehead atoms. The third kappa shape index (κ3) is 41.4. The number of unbranched alkanes of at least 4 members (excludes halogenated alkanes) is 31. The molecule has 0 N–H and O–H groups in total. The quantitative estimate of drug-likeness (QED) is 0.0260. The van der Waals surface area contributed by atoms with Gasteiger partial charge >= 0.3 is 11.9 Å². The minimum Gasteiger partial charge on any atom is -0.544 e. The molecule has 0 fully saturated rings. The Balaban J connectivity index is 4.22. The second kappa shape index (κ2) is 43.7. The van der Waals surface area contributed by atoms with E-state index < -0.39 is 18.1 Å². The number of carboxylic acid groups (broad SMARTS) is 1. The van der Waals surface area contributed by atoms with E-state index in [1.54, 1.807) is 0 Å². The first-order valence-electron chi connectivity index (χ1n) is 25.7. The molecule has 0 radical (unpaired) electrons. The lowest BCUT2D eigenvalue weighted by molar-refractivity contribution is -0.889. The van der Waals surface area contributed by atoms with Crippen molar-refractivity contribution in [3.8, 4) is 0 Å². The van der Waals surface area contributed by atoms with Crippen molar-refractivity contribution in [2.45, 2.75) is 264 Å². The van der Waals surface area contributed by atoms with Crippen molar-refractivity contribution >= 4 is 17.9 Å². The van der Waals surface area contributed by atoms with Gasteiger partial charge in [0, 0.05) is 19.3 Å². The molecular formula is C52H99NO7. The highest BCUT2D eigenvalue weighted by Gasteiger charge is 2.25. The van der Waals surface area contributed by atoms with Crippen LogP contribution in [0.2, 0.25) is 0 Å². The van der Waals surface area contributed by atoms with Crippen LogP contribution in [0.4, 0.5) is 0 Å². The lowest BCUT2D eigenvalue weighted by atomic mass is 10.0. The second-order valence-electron chi connectivity index (χ2n) is 18.8. The molecule has 0 rings (SSSR count). The van der Waals surface area contributed by atoms with E-state index in [0.29, 0.717) is 12.8 Å². The van der Waals surface area contributed by atoms with Gasteiger partial charge in [0.2, 0.25) is 0 Å². The number of hydrogen-bond donors (Lipinski definition) is 0. The monoisotopic (exact) mass is 850 g/mol. The van der Waals surface area contributed by atoms with Gasteiger partial charge in [0.1, 0.15) is 12.6 Å². The highest BCUT2D eigenvalue weighted by molar-refractivity contribution is 5.70. The summed E-state index contributed by atoms with van der Waals surface area (Å²) in [4.78, 5) is 37.0. The zero-order valence-electron chi connectivity index (χ0n) is 40.4. The van der Waals surface area contributed by atoms with Crippen LogP contribution < -0.4 is 5.11 Å². The fraction of sp³-hybridized carbons (Fsp3) is 0.904. The van der Waals surface area contributed by atoms with Gasteiger partial charge in [0.25, 0.3) is 0 Å². The predicted molar refractivity (Wildman–Crippen MR) is 250 cm³/mol. The fourth-order valence-corrected chi connectivity index (χ4v) is 7.89. The Bertz CT molecular complexity index is 993. The van der Waals surface area contributed by atoms with Crippen LogP contribution in [0.25, 0.3) is 0 Å². The number of likely N-dealkylation sites (N-methyl/N-ethyl adjacent to an activating group) is 1. The maximum Gasteiger partial charge on any atom is 0.306 e. The van der Waals surface area contributed by atoms with Gasteiger partial charge < -0.3 is 28.6 Å². The van der Waals surface area contributed by atoms with Crippen LogP contribution in [0.5, 0.6) is 0 Å². The standard InChI is InChI=1S/C52H99NO7/c1-6-8-10-12-14-16-18-20-22-24-25-27-28-30-32-34-36-38-40-42-50(54)59-47-48(46-58-45-44-49(52(56)57)53(3,4)5)60-51(55)43-41-39-37-35-33-31-29-26-23-21-19-17-15-13-11-9-7-2/h24-25,48-49H,6-23,26-47H2,1-5H3/b25-24+. The van der Waals surface area contributed by atoms with E-state index in [1.807, 2.05) is 21.1 Å². The highest BCUT2D eigenvalue weighted by atomic mass is 16.6. The van der Waals surface area contributed by atoms with Crippen LogP contribution in [0.15, 0.2) is 12.2 Å². The zero-order valence-corrected chi connectivity index (χ0v) is 40.4. The second-order valence-corrected chi connectivity index (χ2v) is 18.8. The Kier molecular flexibility index (Phi) is 42.3. The first kappa shape index (κ1) is 58.1. The number of hydrogen-bond acceptors (Lipinski definition) is 7. The summed E-state index contributed by atoms with van der Waals surface area (Å²) in [6.07, 6.45) is 48.1.